The summed E-state index contributed by atoms with van der Waals surface area (Å²) in [4.78, 5) is 15.9. The van der Waals surface area contributed by atoms with Crippen molar-refractivity contribution in [3.05, 3.63) is 59.7 Å². The van der Waals surface area contributed by atoms with Gasteiger partial charge in [0.15, 0.2) is 0 Å². The molecule has 2 N–H and O–H groups in total. The topological polar surface area (TPSA) is 54.0 Å². The first kappa shape index (κ1) is 13.0. The van der Waals surface area contributed by atoms with E-state index in [0.717, 1.165) is 0 Å². The van der Waals surface area contributed by atoms with Crippen LogP contribution in [0.3, 0.4) is 0 Å². The van der Waals surface area contributed by atoms with E-state index in [-0.39, 0.29) is 18.3 Å². The molecule has 2 aromatic rings. The lowest BCUT2D eigenvalue weighted by Gasteiger charge is -2.09. The van der Waals surface area contributed by atoms with Crippen molar-refractivity contribution in [3.8, 4) is 0 Å². The maximum absolute atomic E-state index is 13.4. The van der Waals surface area contributed by atoms with Crippen molar-refractivity contribution < 1.29 is 9.18 Å². The van der Waals surface area contributed by atoms with Gasteiger partial charge >= 0.3 is 0 Å². The van der Waals surface area contributed by atoms with Gasteiger partial charge in [-0.25, -0.2) is 4.39 Å². The van der Waals surface area contributed by atoms with Crippen LogP contribution in [0.25, 0.3) is 0 Å². The van der Waals surface area contributed by atoms with Crippen LogP contribution in [-0.4, -0.2) is 17.9 Å². The van der Waals surface area contributed by atoms with E-state index in [0.29, 0.717) is 16.8 Å². The Balaban J connectivity index is 2.08. The molecule has 0 radical (unpaired) electrons. The monoisotopic (exact) mass is 259 g/mol. The van der Waals surface area contributed by atoms with Gasteiger partial charge in [0, 0.05) is 25.4 Å². The van der Waals surface area contributed by atoms with Crippen molar-refractivity contribution in [2.45, 2.75) is 6.54 Å². The molecule has 0 aliphatic heterocycles. The fourth-order valence-corrected chi connectivity index (χ4v) is 1.70. The molecule has 98 valence electrons. The number of amides is 1. The minimum Gasteiger partial charge on any atom is -0.386 e. The Morgan fingerprint density at radius 2 is 2.11 bits per heavy atom. The molecule has 0 bridgehead atoms. The van der Waals surface area contributed by atoms with Crippen molar-refractivity contribution in [1.29, 1.82) is 0 Å². The Labute approximate surface area is 110 Å². The van der Waals surface area contributed by atoms with E-state index < -0.39 is 0 Å². The van der Waals surface area contributed by atoms with Crippen LogP contribution in [0.4, 0.5) is 10.1 Å². The van der Waals surface area contributed by atoms with E-state index in [4.69, 9.17) is 0 Å². The van der Waals surface area contributed by atoms with Gasteiger partial charge in [0.2, 0.25) is 0 Å². The lowest BCUT2D eigenvalue weighted by molar-refractivity contribution is 0.0951. The third-order valence-corrected chi connectivity index (χ3v) is 2.73. The SMILES string of the molecule is CNc1cnccc1C(=O)NCc1ccccc1F. The molecule has 1 amide bonds. The summed E-state index contributed by atoms with van der Waals surface area (Å²) in [7, 11) is 1.71. The minimum atomic E-state index is -0.327. The average Bonchev–Trinajstić information content (AvgIpc) is 2.46. The zero-order valence-corrected chi connectivity index (χ0v) is 10.5. The van der Waals surface area contributed by atoms with Crippen molar-refractivity contribution in [1.82, 2.24) is 10.3 Å². The highest BCUT2D eigenvalue weighted by molar-refractivity contribution is 5.99. The smallest absolute Gasteiger partial charge is 0.253 e. The van der Waals surface area contributed by atoms with Crippen LogP contribution in [0.5, 0.6) is 0 Å². The molecule has 19 heavy (non-hydrogen) atoms. The number of rotatable bonds is 4. The van der Waals surface area contributed by atoms with E-state index >= 15 is 0 Å². The molecular weight excluding hydrogens is 245 g/mol. The molecule has 0 saturated heterocycles. The summed E-state index contributed by atoms with van der Waals surface area (Å²) in [6.45, 7) is 0.150. The number of hydrogen-bond acceptors (Lipinski definition) is 3. The summed E-state index contributed by atoms with van der Waals surface area (Å²) in [6.07, 6.45) is 3.11. The van der Waals surface area contributed by atoms with E-state index in [1.54, 1.807) is 43.7 Å². The van der Waals surface area contributed by atoms with Gasteiger partial charge in [-0.15, -0.1) is 0 Å². The first-order chi connectivity index (χ1) is 9.22. The maximum Gasteiger partial charge on any atom is 0.253 e. The summed E-state index contributed by atoms with van der Waals surface area (Å²) >= 11 is 0. The molecule has 0 unspecified atom stereocenters. The van der Waals surface area contributed by atoms with Crippen molar-refractivity contribution >= 4 is 11.6 Å². The Morgan fingerprint density at radius 3 is 2.84 bits per heavy atom. The van der Waals surface area contributed by atoms with Crippen LogP contribution in [0.2, 0.25) is 0 Å². The fraction of sp³-hybridized carbons (Fsp3) is 0.143. The fourth-order valence-electron chi connectivity index (χ4n) is 1.70. The van der Waals surface area contributed by atoms with Crippen LogP contribution >= 0.6 is 0 Å². The Hall–Kier alpha value is -2.43. The predicted molar refractivity (Wildman–Crippen MR) is 71.4 cm³/mol. The number of anilines is 1. The molecule has 4 nitrogen and oxygen atoms in total. The number of carbonyl (C=O) groups excluding carboxylic acids is 1. The quantitative estimate of drug-likeness (QED) is 0.885. The summed E-state index contributed by atoms with van der Waals surface area (Å²) in [5.41, 5.74) is 1.57. The number of carbonyl (C=O) groups is 1. The number of hydrogen-bond donors (Lipinski definition) is 2. The number of aromatic nitrogens is 1. The molecule has 0 saturated carbocycles. The number of benzene rings is 1. The Kier molecular flexibility index (Phi) is 4.07. The van der Waals surface area contributed by atoms with Gasteiger partial charge in [-0.05, 0) is 12.1 Å². The third kappa shape index (κ3) is 3.07. The highest BCUT2D eigenvalue weighted by atomic mass is 19.1. The molecule has 0 aliphatic rings. The second-order valence-electron chi connectivity index (χ2n) is 3.95. The Bertz CT molecular complexity index is 586. The molecule has 2 rings (SSSR count). The van der Waals surface area contributed by atoms with Gasteiger partial charge in [0.1, 0.15) is 5.82 Å². The van der Waals surface area contributed by atoms with Crippen LogP contribution in [0, 0.1) is 5.82 Å². The normalized spacial score (nSPS) is 10.0. The van der Waals surface area contributed by atoms with Crippen molar-refractivity contribution in [2.24, 2.45) is 0 Å². The predicted octanol–water partition coefficient (Wildman–Crippen LogP) is 2.19. The summed E-state index contributed by atoms with van der Waals surface area (Å²) in [5, 5.41) is 5.57. The lowest BCUT2D eigenvalue weighted by Crippen LogP contribution is -2.24. The van der Waals surface area contributed by atoms with Gasteiger partial charge in [-0.1, -0.05) is 18.2 Å². The highest BCUT2D eigenvalue weighted by Gasteiger charge is 2.10. The number of halogens is 1. The lowest BCUT2D eigenvalue weighted by atomic mass is 10.2. The van der Waals surface area contributed by atoms with E-state index in [2.05, 4.69) is 15.6 Å². The van der Waals surface area contributed by atoms with Gasteiger partial charge in [0.05, 0.1) is 17.4 Å². The molecular formula is C14H14FN3O. The molecule has 0 spiro atoms. The maximum atomic E-state index is 13.4. The van der Waals surface area contributed by atoms with E-state index in [1.807, 2.05) is 0 Å². The number of pyridine rings is 1. The molecule has 0 aliphatic carbocycles. The minimum absolute atomic E-state index is 0.150. The largest absolute Gasteiger partial charge is 0.386 e. The Morgan fingerprint density at radius 1 is 1.32 bits per heavy atom. The van der Waals surface area contributed by atoms with E-state index in [1.165, 1.54) is 6.07 Å². The third-order valence-electron chi connectivity index (χ3n) is 2.73. The zero-order valence-electron chi connectivity index (χ0n) is 10.5. The molecule has 1 heterocycles. The molecule has 0 atom stereocenters. The van der Waals surface area contributed by atoms with Gasteiger partial charge < -0.3 is 10.6 Å². The van der Waals surface area contributed by atoms with Crippen molar-refractivity contribution in [2.75, 3.05) is 12.4 Å². The molecule has 0 fully saturated rings. The molecule has 5 heteroatoms. The first-order valence-corrected chi connectivity index (χ1v) is 5.85. The summed E-state index contributed by atoms with van der Waals surface area (Å²) in [5.74, 6) is -0.596. The molecule has 1 aromatic heterocycles. The van der Waals surface area contributed by atoms with Gasteiger partial charge in [-0.2, -0.15) is 0 Å². The van der Waals surface area contributed by atoms with Crippen LogP contribution in [-0.2, 0) is 6.54 Å². The van der Waals surface area contributed by atoms with Crippen LogP contribution < -0.4 is 10.6 Å². The standard InChI is InChI=1S/C14H14FN3O/c1-16-13-9-17-7-6-11(13)14(19)18-8-10-4-2-3-5-12(10)15/h2-7,9,16H,8H2,1H3,(H,18,19). The first-order valence-electron chi connectivity index (χ1n) is 5.85. The van der Waals surface area contributed by atoms with Crippen LogP contribution in [0.15, 0.2) is 42.7 Å². The average molecular weight is 259 g/mol. The van der Waals surface area contributed by atoms with Gasteiger partial charge in [-0.3, -0.25) is 9.78 Å². The number of nitrogens with zero attached hydrogens (tertiary/aromatic N) is 1. The second kappa shape index (κ2) is 5.95. The van der Waals surface area contributed by atoms with Crippen molar-refractivity contribution in [3.63, 3.8) is 0 Å². The van der Waals surface area contributed by atoms with Gasteiger partial charge in [0.25, 0.3) is 5.91 Å². The second-order valence-corrected chi connectivity index (χ2v) is 3.95. The van der Waals surface area contributed by atoms with E-state index in [9.17, 15) is 9.18 Å². The summed E-state index contributed by atoms with van der Waals surface area (Å²) < 4.78 is 13.4. The summed E-state index contributed by atoms with van der Waals surface area (Å²) in [6, 6.07) is 7.97. The molecule has 1 aromatic carbocycles. The zero-order chi connectivity index (χ0) is 13.7. The number of nitrogens with one attached hydrogen (secondary N) is 2. The highest BCUT2D eigenvalue weighted by Crippen LogP contribution is 2.12. The van der Waals surface area contributed by atoms with Crippen LogP contribution in [0.1, 0.15) is 15.9 Å².